The van der Waals surface area contributed by atoms with E-state index in [-0.39, 0.29) is 17.7 Å². The van der Waals surface area contributed by atoms with Crippen molar-refractivity contribution in [2.24, 2.45) is 11.7 Å². The Hall–Kier alpha value is -1.39. The molecule has 4 nitrogen and oxygen atoms in total. The second-order valence-corrected chi connectivity index (χ2v) is 4.98. The lowest BCUT2D eigenvalue weighted by Gasteiger charge is -2.28. The SMILES string of the molecule is COCCC(N)C1CCc2ccc(OC)cc2C1=O. The summed E-state index contributed by atoms with van der Waals surface area (Å²) in [7, 11) is 3.26. The number of rotatable bonds is 5. The Morgan fingerprint density at radius 3 is 2.89 bits per heavy atom. The summed E-state index contributed by atoms with van der Waals surface area (Å²) in [5, 5.41) is 0. The number of hydrogen-bond acceptors (Lipinski definition) is 4. The molecule has 1 aromatic carbocycles. The normalized spacial score (nSPS) is 19.9. The van der Waals surface area contributed by atoms with E-state index >= 15 is 0 Å². The standard InChI is InChI=1S/C15H21NO3/c1-18-8-7-14(16)12-6-4-10-3-5-11(19-2)9-13(10)15(12)17/h3,5,9,12,14H,4,6-8,16H2,1-2H3. The molecule has 0 aromatic heterocycles. The van der Waals surface area contributed by atoms with Crippen molar-refractivity contribution in [3.05, 3.63) is 29.3 Å². The number of ether oxygens (including phenoxy) is 2. The van der Waals surface area contributed by atoms with Gasteiger partial charge in [0.25, 0.3) is 0 Å². The maximum atomic E-state index is 12.5. The summed E-state index contributed by atoms with van der Waals surface area (Å²) < 4.78 is 10.2. The van der Waals surface area contributed by atoms with Crippen molar-refractivity contribution in [3.63, 3.8) is 0 Å². The zero-order chi connectivity index (χ0) is 13.8. The van der Waals surface area contributed by atoms with E-state index in [1.54, 1.807) is 14.2 Å². The van der Waals surface area contributed by atoms with Crippen LogP contribution in [0.1, 0.15) is 28.8 Å². The molecular weight excluding hydrogens is 242 g/mol. The molecule has 1 aliphatic rings. The summed E-state index contributed by atoms with van der Waals surface area (Å²) in [5.74, 6) is 0.761. The number of carbonyl (C=O) groups excluding carboxylic acids is 1. The van der Waals surface area contributed by atoms with Gasteiger partial charge in [0.05, 0.1) is 7.11 Å². The molecule has 0 spiro atoms. The molecule has 0 aliphatic heterocycles. The van der Waals surface area contributed by atoms with Crippen LogP contribution in [0.25, 0.3) is 0 Å². The van der Waals surface area contributed by atoms with E-state index in [1.165, 1.54) is 0 Å². The number of aryl methyl sites for hydroxylation is 1. The Bertz CT molecular complexity index is 459. The van der Waals surface area contributed by atoms with Gasteiger partial charge in [-0.2, -0.15) is 0 Å². The molecule has 0 amide bonds. The molecule has 2 rings (SSSR count). The van der Waals surface area contributed by atoms with E-state index < -0.39 is 0 Å². The lowest BCUT2D eigenvalue weighted by Crippen LogP contribution is -2.39. The lowest BCUT2D eigenvalue weighted by molar-refractivity contribution is 0.0863. The largest absolute Gasteiger partial charge is 0.497 e. The lowest BCUT2D eigenvalue weighted by atomic mass is 9.78. The van der Waals surface area contributed by atoms with E-state index in [9.17, 15) is 4.79 Å². The van der Waals surface area contributed by atoms with Crippen LogP contribution in [0, 0.1) is 5.92 Å². The van der Waals surface area contributed by atoms with E-state index in [2.05, 4.69) is 0 Å². The quantitative estimate of drug-likeness (QED) is 0.880. The zero-order valence-corrected chi connectivity index (χ0v) is 11.5. The summed E-state index contributed by atoms with van der Waals surface area (Å²) in [6, 6.07) is 5.57. The van der Waals surface area contributed by atoms with Gasteiger partial charge in [0, 0.05) is 31.2 Å². The molecule has 2 N–H and O–H groups in total. The topological polar surface area (TPSA) is 61.6 Å². The molecule has 2 atom stereocenters. The number of Topliss-reactive ketones (excluding diaryl/α,β-unsaturated/α-hetero) is 1. The summed E-state index contributed by atoms with van der Waals surface area (Å²) in [5.41, 5.74) is 7.99. The van der Waals surface area contributed by atoms with E-state index in [0.717, 1.165) is 29.7 Å². The van der Waals surface area contributed by atoms with E-state index in [4.69, 9.17) is 15.2 Å². The highest BCUT2D eigenvalue weighted by atomic mass is 16.5. The third-order valence-corrected chi connectivity index (χ3v) is 3.82. The molecule has 1 aliphatic carbocycles. The molecule has 4 heteroatoms. The first-order valence-electron chi connectivity index (χ1n) is 6.63. The second-order valence-electron chi connectivity index (χ2n) is 4.98. The first-order chi connectivity index (χ1) is 9.17. The number of hydrogen-bond donors (Lipinski definition) is 1. The molecule has 1 aromatic rings. The van der Waals surface area contributed by atoms with Gasteiger partial charge in [-0.05, 0) is 37.0 Å². The van der Waals surface area contributed by atoms with Crippen LogP contribution in [-0.2, 0) is 11.2 Å². The number of methoxy groups -OCH3 is 2. The van der Waals surface area contributed by atoms with Crippen LogP contribution in [0.4, 0.5) is 0 Å². The van der Waals surface area contributed by atoms with Crippen molar-refractivity contribution in [2.45, 2.75) is 25.3 Å². The van der Waals surface area contributed by atoms with E-state index in [1.807, 2.05) is 18.2 Å². The first kappa shape index (κ1) is 14.0. The third-order valence-electron chi connectivity index (χ3n) is 3.82. The van der Waals surface area contributed by atoms with Crippen LogP contribution in [0.5, 0.6) is 5.75 Å². The Labute approximate surface area is 113 Å². The average molecular weight is 263 g/mol. The Morgan fingerprint density at radius 1 is 1.42 bits per heavy atom. The van der Waals surface area contributed by atoms with Gasteiger partial charge in [0.1, 0.15) is 5.75 Å². The minimum Gasteiger partial charge on any atom is -0.497 e. The highest BCUT2D eigenvalue weighted by molar-refractivity contribution is 6.01. The number of ketones is 1. The van der Waals surface area contributed by atoms with Gasteiger partial charge in [-0.25, -0.2) is 0 Å². The fraction of sp³-hybridized carbons (Fsp3) is 0.533. The Balaban J connectivity index is 2.18. The molecule has 104 valence electrons. The van der Waals surface area contributed by atoms with Crippen molar-refractivity contribution in [1.29, 1.82) is 0 Å². The fourth-order valence-electron chi connectivity index (χ4n) is 2.64. The smallest absolute Gasteiger partial charge is 0.167 e. The van der Waals surface area contributed by atoms with Gasteiger partial charge in [0.15, 0.2) is 5.78 Å². The van der Waals surface area contributed by atoms with Gasteiger partial charge in [-0.3, -0.25) is 4.79 Å². The van der Waals surface area contributed by atoms with Crippen LogP contribution in [0.2, 0.25) is 0 Å². The van der Waals surface area contributed by atoms with Crippen LogP contribution in [-0.4, -0.2) is 32.7 Å². The molecule has 19 heavy (non-hydrogen) atoms. The predicted octanol–water partition coefficient (Wildman–Crippen LogP) is 1.80. The monoisotopic (exact) mass is 263 g/mol. The van der Waals surface area contributed by atoms with Crippen LogP contribution in [0.15, 0.2) is 18.2 Å². The number of carbonyl (C=O) groups is 1. The maximum Gasteiger partial charge on any atom is 0.167 e. The molecule has 0 bridgehead atoms. The predicted molar refractivity (Wildman–Crippen MR) is 73.6 cm³/mol. The summed E-state index contributed by atoms with van der Waals surface area (Å²) in [6.07, 6.45) is 2.44. The Morgan fingerprint density at radius 2 is 2.21 bits per heavy atom. The van der Waals surface area contributed by atoms with Crippen molar-refractivity contribution < 1.29 is 14.3 Å². The van der Waals surface area contributed by atoms with Gasteiger partial charge in [-0.15, -0.1) is 0 Å². The van der Waals surface area contributed by atoms with Crippen LogP contribution < -0.4 is 10.5 Å². The van der Waals surface area contributed by atoms with Crippen molar-refractivity contribution in [3.8, 4) is 5.75 Å². The van der Waals surface area contributed by atoms with Gasteiger partial charge in [-0.1, -0.05) is 6.07 Å². The molecule has 0 fully saturated rings. The molecule has 2 unspecified atom stereocenters. The minimum atomic E-state index is -0.133. The minimum absolute atomic E-state index is 0.102. The summed E-state index contributed by atoms with van der Waals surface area (Å²) >= 11 is 0. The highest BCUT2D eigenvalue weighted by Gasteiger charge is 2.31. The molecule has 0 saturated carbocycles. The van der Waals surface area contributed by atoms with Crippen molar-refractivity contribution >= 4 is 5.78 Å². The summed E-state index contributed by atoms with van der Waals surface area (Å²) in [6.45, 7) is 0.593. The van der Waals surface area contributed by atoms with Gasteiger partial charge >= 0.3 is 0 Å². The fourth-order valence-corrected chi connectivity index (χ4v) is 2.64. The molecular formula is C15H21NO3. The molecule has 0 heterocycles. The van der Waals surface area contributed by atoms with E-state index in [0.29, 0.717) is 13.0 Å². The van der Waals surface area contributed by atoms with Crippen LogP contribution >= 0.6 is 0 Å². The number of benzene rings is 1. The number of fused-ring (bicyclic) bond motifs is 1. The highest BCUT2D eigenvalue weighted by Crippen LogP contribution is 2.30. The Kier molecular flexibility index (Phi) is 4.56. The van der Waals surface area contributed by atoms with Crippen molar-refractivity contribution in [2.75, 3.05) is 20.8 Å². The number of nitrogens with two attached hydrogens (primary N) is 1. The third kappa shape index (κ3) is 2.96. The molecule has 0 saturated heterocycles. The zero-order valence-electron chi connectivity index (χ0n) is 11.5. The second kappa shape index (κ2) is 6.17. The average Bonchev–Trinajstić information content (AvgIpc) is 2.45. The first-order valence-corrected chi connectivity index (χ1v) is 6.63. The van der Waals surface area contributed by atoms with Crippen molar-refractivity contribution in [1.82, 2.24) is 0 Å². The van der Waals surface area contributed by atoms with Gasteiger partial charge in [0.2, 0.25) is 0 Å². The van der Waals surface area contributed by atoms with Crippen LogP contribution in [0.3, 0.4) is 0 Å². The maximum absolute atomic E-state index is 12.5. The summed E-state index contributed by atoms with van der Waals surface area (Å²) in [4.78, 5) is 12.5. The van der Waals surface area contributed by atoms with Gasteiger partial charge < -0.3 is 15.2 Å². The molecule has 0 radical (unpaired) electrons.